The SMILES string of the molecule is COc1cc(C(N)=S)ccc1OCc1cncc(F)c1. The number of hydrogen-bond donors (Lipinski definition) is 1. The number of aromatic nitrogens is 1. The van der Waals surface area contributed by atoms with Gasteiger partial charge >= 0.3 is 0 Å². The highest BCUT2D eigenvalue weighted by molar-refractivity contribution is 7.80. The van der Waals surface area contributed by atoms with Crippen LogP contribution in [0.2, 0.25) is 0 Å². The fraction of sp³-hybridized carbons (Fsp3) is 0.143. The van der Waals surface area contributed by atoms with Crippen molar-refractivity contribution in [3.63, 3.8) is 0 Å². The van der Waals surface area contributed by atoms with E-state index in [4.69, 9.17) is 27.4 Å². The van der Waals surface area contributed by atoms with Gasteiger partial charge in [-0.25, -0.2) is 4.39 Å². The third-order valence-corrected chi connectivity index (χ3v) is 2.84. The Kier molecular flexibility index (Phi) is 4.47. The van der Waals surface area contributed by atoms with Crippen LogP contribution >= 0.6 is 12.2 Å². The van der Waals surface area contributed by atoms with Crippen LogP contribution < -0.4 is 15.2 Å². The van der Waals surface area contributed by atoms with Gasteiger partial charge in [0.2, 0.25) is 0 Å². The fourth-order valence-corrected chi connectivity index (χ4v) is 1.76. The molecule has 1 aromatic carbocycles. The number of nitrogens with zero attached hydrogens (tertiary/aromatic N) is 1. The first-order valence-electron chi connectivity index (χ1n) is 5.80. The van der Waals surface area contributed by atoms with Gasteiger partial charge in [-0.3, -0.25) is 4.98 Å². The Morgan fingerprint density at radius 2 is 2.10 bits per heavy atom. The van der Waals surface area contributed by atoms with Crippen LogP contribution in [-0.4, -0.2) is 17.1 Å². The molecule has 2 rings (SSSR count). The van der Waals surface area contributed by atoms with Crippen LogP contribution in [0.3, 0.4) is 0 Å². The van der Waals surface area contributed by atoms with E-state index in [1.165, 1.54) is 13.2 Å². The standard InChI is InChI=1S/C14H13FN2O2S/c1-18-13-5-10(14(16)20)2-3-12(13)19-8-9-4-11(15)7-17-6-9/h2-7H,8H2,1H3,(H2,16,20). The van der Waals surface area contributed by atoms with E-state index >= 15 is 0 Å². The second-order valence-electron chi connectivity index (χ2n) is 4.03. The summed E-state index contributed by atoms with van der Waals surface area (Å²) in [7, 11) is 1.52. The van der Waals surface area contributed by atoms with E-state index in [9.17, 15) is 4.39 Å². The molecule has 0 spiro atoms. The van der Waals surface area contributed by atoms with E-state index in [0.29, 0.717) is 22.6 Å². The largest absolute Gasteiger partial charge is 0.493 e. The van der Waals surface area contributed by atoms with Gasteiger partial charge in [-0.15, -0.1) is 0 Å². The van der Waals surface area contributed by atoms with Crippen molar-refractivity contribution in [1.29, 1.82) is 0 Å². The number of thiocarbonyl (C=S) groups is 1. The van der Waals surface area contributed by atoms with Gasteiger partial charge in [0, 0.05) is 17.3 Å². The minimum atomic E-state index is -0.401. The van der Waals surface area contributed by atoms with Crippen molar-refractivity contribution in [2.75, 3.05) is 7.11 Å². The highest BCUT2D eigenvalue weighted by atomic mass is 32.1. The summed E-state index contributed by atoms with van der Waals surface area (Å²) >= 11 is 4.90. The average Bonchev–Trinajstić information content (AvgIpc) is 2.45. The lowest BCUT2D eigenvalue weighted by atomic mass is 10.2. The van der Waals surface area contributed by atoms with E-state index in [1.807, 2.05) is 0 Å². The van der Waals surface area contributed by atoms with Crippen LogP contribution in [0.25, 0.3) is 0 Å². The van der Waals surface area contributed by atoms with Gasteiger partial charge in [-0.1, -0.05) is 12.2 Å². The molecule has 4 nitrogen and oxygen atoms in total. The molecule has 0 radical (unpaired) electrons. The van der Waals surface area contributed by atoms with E-state index in [0.717, 1.165) is 6.20 Å². The highest BCUT2D eigenvalue weighted by Gasteiger charge is 2.08. The molecular weight excluding hydrogens is 279 g/mol. The van der Waals surface area contributed by atoms with Gasteiger partial charge in [0.1, 0.15) is 17.4 Å². The molecule has 0 saturated heterocycles. The third-order valence-electron chi connectivity index (χ3n) is 2.60. The Labute approximate surface area is 121 Å². The first-order chi connectivity index (χ1) is 9.60. The predicted molar refractivity (Wildman–Crippen MR) is 77.4 cm³/mol. The van der Waals surface area contributed by atoms with E-state index in [2.05, 4.69) is 4.98 Å². The van der Waals surface area contributed by atoms with Gasteiger partial charge in [0.05, 0.1) is 13.3 Å². The number of hydrogen-bond acceptors (Lipinski definition) is 4. The van der Waals surface area contributed by atoms with Crippen molar-refractivity contribution in [3.8, 4) is 11.5 Å². The van der Waals surface area contributed by atoms with Gasteiger partial charge < -0.3 is 15.2 Å². The second-order valence-corrected chi connectivity index (χ2v) is 4.47. The zero-order valence-corrected chi connectivity index (χ0v) is 11.6. The lowest BCUT2D eigenvalue weighted by Gasteiger charge is -2.11. The van der Waals surface area contributed by atoms with Crippen LogP contribution in [0.1, 0.15) is 11.1 Å². The molecule has 0 aliphatic heterocycles. The maximum Gasteiger partial charge on any atom is 0.161 e. The molecule has 20 heavy (non-hydrogen) atoms. The van der Waals surface area contributed by atoms with Crippen molar-refractivity contribution in [1.82, 2.24) is 4.98 Å². The van der Waals surface area contributed by atoms with Crippen LogP contribution in [0, 0.1) is 5.82 Å². The molecule has 0 aliphatic carbocycles. The molecule has 104 valence electrons. The molecule has 0 saturated carbocycles. The molecule has 1 heterocycles. The third kappa shape index (κ3) is 3.42. The quantitative estimate of drug-likeness (QED) is 0.858. The number of halogens is 1. The molecule has 2 N–H and O–H groups in total. The van der Waals surface area contributed by atoms with Crippen molar-refractivity contribution in [2.45, 2.75) is 6.61 Å². The first-order valence-corrected chi connectivity index (χ1v) is 6.21. The fourth-order valence-electron chi connectivity index (χ4n) is 1.64. The molecule has 0 atom stereocenters. The topological polar surface area (TPSA) is 57.4 Å². The molecule has 0 bridgehead atoms. The van der Waals surface area contributed by atoms with Crippen molar-refractivity contribution >= 4 is 17.2 Å². The lowest BCUT2D eigenvalue weighted by Crippen LogP contribution is -2.09. The van der Waals surface area contributed by atoms with Crippen LogP contribution in [0.15, 0.2) is 36.7 Å². The summed E-state index contributed by atoms with van der Waals surface area (Å²) in [5, 5.41) is 0. The second kappa shape index (κ2) is 6.29. The monoisotopic (exact) mass is 292 g/mol. The molecule has 0 unspecified atom stereocenters. The van der Waals surface area contributed by atoms with Gasteiger partial charge in [-0.2, -0.15) is 0 Å². The Bertz CT molecular complexity index is 634. The van der Waals surface area contributed by atoms with Gasteiger partial charge in [0.25, 0.3) is 0 Å². The van der Waals surface area contributed by atoms with E-state index in [-0.39, 0.29) is 11.6 Å². The van der Waals surface area contributed by atoms with Crippen LogP contribution in [-0.2, 0) is 6.61 Å². The molecule has 1 aromatic heterocycles. The van der Waals surface area contributed by atoms with Gasteiger partial charge in [0.15, 0.2) is 11.5 Å². The summed E-state index contributed by atoms with van der Waals surface area (Å²) in [6.07, 6.45) is 2.68. The van der Waals surface area contributed by atoms with Crippen molar-refractivity contribution in [2.24, 2.45) is 5.73 Å². The summed E-state index contributed by atoms with van der Waals surface area (Å²) in [5.41, 5.74) is 6.88. The molecule has 0 amide bonds. The minimum absolute atomic E-state index is 0.188. The summed E-state index contributed by atoms with van der Waals surface area (Å²) in [6, 6.07) is 6.51. The smallest absolute Gasteiger partial charge is 0.161 e. The normalized spacial score (nSPS) is 10.1. The zero-order valence-electron chi connectivity index (χ0n) is 10.8. The highest BCUT2D eigenvalue weighted by Crippen LogP contribution is 2.28. The van der Waals surface area contributed by atoms with Crippen LogP contribution in [0.5, 0.6) is 11.5 Å². The number of rotatable bonds is 5. The Balaban J connectivity index is 2.15. The summed E-state index contributed by atoms with van der Waals surface area (Å²) in [5.74, 6) is 0.637. The Morgan fingerprint density at radius 3 is 2.75 bits per heavy atom. The Hall–Kier alpha value is -2.21. The molecule has 0 fully saturated rings. The lowest BCUT2D eigenvalue weighted by molar-refractivity contribution is 0.283. The predicted octanol–water partition coefficient (Wildman–Crippen LogP) is 2.44. The van der Waals surface area contributed by atoms with Crippen molar-refractivity contribution in [3.05, 3.63) is 53.6 Å². The number of ether oxygens (including phenoxy) is 2. The molecule has 2 aromatic rings. The molecule has 6 heteroatoms. The number of methoxy groups -OCH3 is 1. The van der Waals surface area contributed by atoms with Crippen LogP contribution in [0.4, 0.5) is 4.39 Å². The van der Waals surface area contributed by atoms with E-state index < -0.39 is 5.82 Å². The maximum atomic E-state index is 13.0. The van der Waals surface area contributed by atoms with E-state index in [1.54, 1.807) is 24.4 Å². The Morgan fingerprint density at radius 1 is 1.30 bits per heavy atom. The summed E-state index contributed by atoms with van der Waals surface area (Å²) in [4.78, 5) is 4.04. The summed E-state index contributed by atoms with van der Waals surface area (Å²) < 4.78 is 23.8. The molecular formula is C14H13FN2O2S. The average molecular weight is 292 g/mol. The number of nitrogens with two attached hydrogens (primary N) is 1. The number of pyridine rings is 1. The first kappa shape index (κ1) is 14.2. The molecule has 0 aliphatic rings. The summed E-state index contributed by atoms with van der Waals surface area (Å²) in [6.45, 7) is 0.188. The minimum Gasteiger partial charge on any atom is -0.493 e. The van der Waals surface area contributed by atoms with Crippen molar-refractivity contribution < 1.29 is 13.9 Å². The zero-order chi connectivity index (χ0) is 14.5. The maximum absolute atomic E-state index is 13.0. The van der Waals surface area contributed by atoms with Gasteiger partial charge in [-0.05, 0) is 24.3 Å². The number of benzene rings is 1.